The Morgan fingerprint density at radius 2 is 1.83 bits per heavy atom. The van der Waals surface area contributed by atoms with E-state index in [-0.39, 0.29) is 11.8 Å². The Balaban J connectivity index is 2.69. The van der Waals surface area contributed by atoms with Gasteiger partial charge in [0.15, 0.2) is 0 Å². The standard InChI is InChI=1S/C13H21N3O2/c1-10(11(17)16(2)3)15-12(18)13(9-14)7-5-4-6-8-13/h10H,4-8H2,1-3H3,(H,15,18)/t10-/m0/s1. The van der Waals surface area contributed by atoms with Crippen molar-refractivity contribution < 1.29 is 9.59 Å². The highest BCUT2D eigenvalue weighted by Crippen LogP contribution is 2.35. The van der Waals surface area contributed by atoms with Crippen LogP contribution in [0.1, 0.15) is 39.0 Å². The van der Waals surface area contributed by atoms with E-state index in [1.54, 1.807) is 21.0 Å². The Kier molecular flexibility index (Phi) is 4.71. The molecule has 1 atom stereocenters. The summed E-state index contributed by atoms with van der Waals surface area (Å²) in [5.74, 6) is -0.459. The first kappa shape index (κ1) is 14.5. The van der Waals surface area contributed by atoms with Crippen molar-refractivity contribution in [2.75, 3.05) is 14.1 Å². The maximum atomic E-state index is 12.2. The van der Waals surface area contributed by atoms with Crippen molar-refractivity contribution in [2.24, 2.45) is 5.41 Å². The molecule has 0 aromatic heterocycles. The Hall–Kier alpha value is -1.57. The molecule has 0 radical (unpaired) electrons. The van der Waals surface area contributed by atoms with Crippen LogP contribution < -0.4 is 5.32 Å². The first-order valence-electron chi connectivity index (χ1n) is 6.36. The number of hydrogen-bond donors (Lipinski definition) is 1. The minimum atomic E-state index is -0.931. The van der Waals surface area contributed by atoms with Crippen LogP contribution in [0.5, 0.6) is 0 Å². The van der Waals surface area contributed by atoms with Crippen molar-refractivity contribution in [3.05, 3.63) is 0 Å². The SMILES string of the molecule is C[C@H](NC(=O)C1(C#N)CCCCC1)C(=O)N(C)C. The predicted molar refractivity (Wildman–Crippen MR) is 67.4 cm³/mol. The molecule has 1 aliphatic carbocycles. The van der Waals surface area contributed by atoms with Crippen molar-refractivity contribution in [2.45, 2.75) is 45.1 Å². The zero-order chi connectivity index (χ0) is 13.8. The highest BCUT2D eigenvalue weighted by Gasteiger charge is 2.40. The molecule has 0 aromatic carbocycles. The van der Waals surface area contributed by atoms with Crippen LogP contribution in [0.25, 0.3) is 0 Å². The van der Waals surface area contributed by atoms with Gasteiger partial charge in [-0.1, -0.05) is 19.3 Å². The van der Waals surface area contributed by atoms with Gasteiger partial charge in [0.1, 0.15) is 11.5 Å². The lowest BCUT2D eigenvalue weighted by atomic mass is 9.74. The van der Waals surface area contributed by atoms with Gasteiger partial charge in [-0.3, -0.25) is 9.59 Å². The maximum Gasteiger partial charge on any atom is 0.244 e. The third kappa shape index (κ3) is 3.00. The lowest BCUT2D eigenvalue weighted by molar-refractivity contribution is -0.137. The number of nitrogens with zero attached hydrogens (tertiary/aromatic N) is 2. The fourth-order valence-corrected chi connectivity index (χ4v) is 2.33. The Morgan fingerprint density at radius 1 is 1.28 bits per heavy atom. The first-order chi connectivity index (χ1) is 8.43. The van der Waals surface area contributed by atoms with Crippen LogP contribution >= 0.6 is 0 Å². The van der Waals surface area contributed by atoms with Crippen molar-refractivity contribution in [3.8, 4) is 6.07 Å². The van der Waals surface area contributed by atoms with Crippen molar-refractivity contribution in [1.29, 1.82) is 5.26 Å². The molecule has 100 valence electrons. The highest BCUT2D eigenvalue weighted by molar-refractivity contribution is 5.91. The zero-order valence-corrected chi connectivity index (χ0v) is 11.3. The van der Waals surface area contributed by atoms with E-state index in [9.17, 15) is 14.9 Å². The molecule has 1 rings (SSSR count). The van der Waals surface area contributed by atoms with Crippen LogP contribution in [0.2, 0.25) is 0 Å². The maximum absolute atomic E-state index is 12.2. The molecular formula is C13H21N3O2. The largest absolute Gasteiger partial charge is 0.347 e. The van der Waals surface area contributed by atoms with Gasteiger partial charge in [0.2, 0.25) is 11.8 Å². The second-order valence-corrected chi connectivity index (χ2v) is 5.18. The number of nitriles is 1. The summed E-state index contributed by atoms with van der Waals surface area (Å²) in [6.07, 6.45) is 4.06. The Morgan fingerprint density at radius 3 is 2.28 bits per heavy atom. The molecule has 0 bridgehead atoms. The average Bonchev–Trinajstić information content (AvgIpc) is 2.38. The van der Waals surface area contributed by atoms with E-state index in [2.05, 4.69) is 11.4 Å². The molecule has 1 saturated carbocycles. The van der Waals surface area contributed by atoms with Gasteiger partial charge in [0, 0.05) is 14.1 Å². The van der Waals surface area contributed by atoms with E-state index >= 15 is 0 Å². The third-order valence-corrected chi connectivity index (χ3v) is 3.51. The average molecular weight is 251 g/mol. The quantitative estimate of drug-likeness (QED) is 0.815. The summed E-state index contributed by atoms with van der Waals surface area (Å²) in [7, 11) is 3.29. The predicted octanol–water partition coefficient (Wildman–Crippen LogP) is 1.05. The molecular weight excluding hydrogens is 230 g/mol. The van der Waals surface area contributed by atoms with E-state index in [4.69, 9.17) is 0 Å². The van der Waals surface area contributed by atoms with Gasteiger partial charge in [-0.05, 0) is 19.8 Å². The van der Waals surface area contributed by atoms with Crippen molar-refractivity contribution in [3.63, 3.8) is 0 Å². The molecule has 1 aliphatic rings. The minimum absolute atomic E-state index is 0.160. The van der Waals surface area contributed by atoms with Crippen LogP contribution in [0.3, 0.4) is 0 Å². The van der Waals surface area contributed by atoms with Gasteiger partial charge in [-0.15, -0.1) is 0 Å². The van der Waals surface area contributed by atoms with Crippen LogP contribution in [0.4, 0.5) is 0 Å². The highest BCUT2D eigenvalue weighted by atomic mass is 16.2. The van der Waals surface area contributed by atoms with Crippen molar-refractivity contribution in [1.82, 2.24) is 10.2 Å². The number of nitrogens with one attached hydrogen (secondary N) is 1. The summed E-state index contributed by atoms with van der Waals surface area (Å²) in [6.45, 7) is 1.65. The Bertz CT molecular complexity index is 365. The van der Waals surface area contributed by atoms with E-state index in [0.717, 1.165) is 19.3 Å². The zero-order valence-electron chi connectivity index (χ0n) is 11.3. The Labute approximate surface area is 108 Å². The van der Waals surface area contributed by atoms with Gasteiger partial charge in [-0.2, -0.15) is 5.26 Å². The third-order valence-electron chi connectivity index (χ3n) is 3.51. The van der Waals surface area contributed by atoms with Gasteiger partial charge in [0.25, 0.3) is 0 Å². The van der Waals surface area contributed by atoms with E-state index in [0.29, 0.717) is 12.8 Å². The molecule has 1 fully saturated rings. The van der Waals surface area contributed by atoms with Crippen LogP contribution in [0.15, 0.2) is 0 Å². The monoisotopic (exact) mass is 251 g/mol. The first-order valence-corrected chi connectivity index (χ1v) is 6.36. The number of rotatable bonds is 3. The van der Waals surface area contributed by atoms with E-state index in [1.807, 2.05) is 0 Å². The summed E-state index contributed by atoms with van der Waals surface area (Å²) in [6, 6.07) is 1.57. The lowest BCUT2D eigenvalue weighted by Crippen LogP contribution is -2.50. The second-order valence-electron chi connectivity index (χ2n) is 5.18. The van der Waals surface area contributed by atoms with E-state index < -0.39 is 11.5 Å². The number of hydrogen-bond acceptors (Lipinski definition) is 3. The van der Waals surface area contributed by atoms with Gasteiger partial charge < -0.3 is 10.2 Å². The number of likely N-dealkylation sites (N-methyl/N-ethyl adjacent to an activating group) is 1. The van der Waals surface area contributed by atoms with Crippen LogP contribution in [-0.2, 0) is 9.59 Å². The summed E-state index contributed by atoms with van der Waals surface area (Å²) in [5.41, 5.74) is -0.931. The summed E-state index contributed by atoms with van der Waals surface area (Å²) >= 11 is 0. The fraction of sp³-hybridized carbons (Fsp3) is 0.769. The van der Waals surface area contributed by atoms with Gasteiger partial charge in [-0.25, -0.2) is 0 Å². The number of carbonyl (C=O) groups is 2. The molecule has 0 aromatic rings. The normalized spacial score (nSPS) is 19.4. The molecule has 0 spiro atoms. The fourth-order valence-electron chi connectivity index (χ4n) is 2.33. The van der Waals surface area contributed by atoms with Crippen molar-refractivity contribution >= 4 is 11.8 Å². The number of amides is 2. The molecule has 0 aliphatic heterocycles. The summed E-state index contributed by atoms with van der Waals surface area (Å²) < 4.78 is 0. The molecule has 1 N–H and O–H groups in total. The minimum Gasteiger partial charge on any atom is -0.347 e. The van der Waals surface area contributed by atoms with E-state index in [1.165, 1.54) is 4.90 Å². The smallest absolute Gasteiger partial charge is 0.244 e. The lowest BCUT2D eigenvalue weighted by Gasteiger charge is -2.30. The van der Waals surface area contributed by atoms with Gasteiger partial charge in [0.05, 0.1) is 6.07 Å². The van der Waals surface area contributed by atoms with Gasteiger partial charge >= 0.3 is 0 Å². The molecule has 0 heterocycles. The molecule has 18 heavy (non-hydrogen) atoms. The molecule has 5 heteroatoms. The van der Waals surface area contributed by atoms with Crippen LogP contribution in [0, 0.1) is 16.7 Å². The summed E-state index contributed by atoms with van der Waals surface area (Å²) in [4.78, 5) is 25.3. The summed E-state index contributed by atoms with van der Waals surface area (Å²) in [5, 5.41) is 11.9. The topological polar surface area (TPSA) is 73.2 Å². The second kappa shape index (κ2) is 5.85. The molecule has 2 amide bonds. The van der Waals surface area contributed by atoms with Crippen LogP contribution in [-0.4, -0.2) is 36.9 Å². The molecule has 5 nitrogen and oxygen atoms in total. The molecule has 0 saturated heterocycles. The number of carbonyl (C=O) groups excluding carboxylic acids is 2. The molecule has 0 unspecified atom stereocenters.